The average molecular weight is 394 g/mol. The van der Waals surface area contributed by atoms with E-state index in [9.17, 15) is 9.59 Å². The Morgan fingerprint density at radius 1 is 1.08 bits per heavy atom. The first-order valence-electron chi connectivity index (χ1n) is 7.84. The van der Waals surface area contributed by atoms with Crippen LogP contribution in [-0.4, -0.2) is 33.0 Å². The van der Waals surface area contributed by atoms with Gasteiger partial charge in [-0.15, -0.1) is 0 Å². The molecule has 1 heterocycles. The lowest BCUT2D eigenvalue weighted by atomic mass is 9.87. The van der Waals surface area contributed by atoms with Gasteiger partial charge in [0.05, 0.1) is 24.2 Å². The van der Waals surface area contributed by atoms with Gasteiger partial charge in [0.25, 0.3) is 5.91 Å². The highest BCUT2D eigenvalue weighted by molar-refractivity contribution is 6.38. The smallest absolute Gasteiger partial charge is 0.264 e. The Labute approximate surface area is 161 Å². The lowest BCUT2D eigenvalue weighted by molar-refractivity contribution is -0.139. The summed E-state index contributed by atoms with van der Waals surface area (Å²) < 4.78 is 10.7. The number of carbonyl (C=O) groups is 2. The standard InChI is InChI=1S/C19H17Cl2NO4/c1-22-17-14(21)9-8-13(20)16(17)19(26-3,18(22)24)10-15(23)11-4-6-12(25-2)7-5-11/h4-9H,10H2,1-3H3. The van der Waals surface area contributed by atoms with Gasteiger partial charge in [-0.25, -0.2) is 0 Å². The predicted octanol–water partition coefficient (Wildman–Crippen LogP) is 4.09. The van der Waals surface area contributed by atoms with Crippen LogP contribution in [0.15, 0.2) is 36.4 Å². The molecule has 0 bridgehead atoms. The molecule has 0 aliphatic carbocycles. The molecule has 1 atom stereocenters. The van der Waals surface area contributed by atoms with Gasteiger partial charge in [0, 0.05) is 30.3 Å². The van der Waals surface area contributed by atoms with Gasteiger partial charge >= 0.3 is 0 Å². The van der Waals surface area contributed by atoms with E-state index in [0.29, 0.717) is 32.6 Å². The molecule has 3 rings (SSSR count). The minimum atomic E-state index is -1.51. The number of benzene rings is 2. The maximum absolute atomic E-state index is 13.0. The number of likely N-dealkylation sites (N-methyl/N-ethyl adjacent to an activating group) is 1. The van der Waals surface area contributed by atoms with Gasteiger partial charge in [-0.1, -0.05) is 23.2 Å². The molecule has 0 radical (unpaired) electrons. The van der Waals surface area contributed by atoms with Crippen molar-refractivity contribution in [3.05, 3.63) is 57.6 Å². The van der Waals surface area contributed by atoms with Crippen molar-refractivity contribution in [1.82, 2.24) is 0 Å². The van der Waals surface area contributed by atoms with Gasteiger partial charge in [-0.2, -0.15) is 0 Å². The van der Waals surface area contributed by atoms with Crippen LogP contribution in [0.4, 0.5) is 5.69 Å². The summed E-state index contributed by atoms with van der Waals surface area (Å²) in [5.74, 6) is 0.00635. The van der Waals surface area contributed by atoms with Gasteiger partial charge < -0.3 is 14.4 Å². The lowest BCUT2D eigenvalue weighted by Gasteiger charge is -2.26. The molecule has 0 fully saturated rings. The Morgan fingerprint density at radius 2 is 1.69 bits per heavy atom. The maximum atomic E-state index is 13.0. The Morgan fingerprint density at radius 3 is 2.27 bits per heavy atom. The zero-order valence-corrected chi connectivity index (χ0v) is 16.0. The van der Waals surface area contributed by atoms with Crippen LogP contribution in [0.2, 0.25) is 10.0 Å². The quantitative estimate of drug-likeness (QED) is 0.717. The van der Waals surface area contributed by atoms with Crippen LogP contribution >= 0.6 is 23.2 Å². The second-order valence-electron chi connectivity index (χ2n) is 5.98. The molecule has 2 aromatic carbocycles. The van der Waals surface area contributed by atoms with Crippen molar-refractivity contribution in [2.24, 2.45) is 0 Å². The fourth-order valence-corrected chi connectivity index (χ4v) is 3.85. The highest BCUT2D eigenvalue weighted by atomic mass is 35.5. The summed E-state index contributed by atoms with van der Waals surface area (Å²) in [6, 6.07) is 9.88. The molecule has 0 aromatic heterocycles. The zero-order chi connectivity index (χ0) is 19.1. The van der Waals surface area contributed by atoms with Crippen LogP contribution in [0.3, 0.4) is 0 Å². The van der Waals surface area contributed by atoms with Gasteiger partial charge in [-0.3, -0.25) is 9.59 Å². The summed E-state index contributed by atoms with van der Waals surface area (Å²) in [5, 5.41) is 0.697. The molecule has 7 heteroatoms. The summed E-state index contributed by atoms with van der Waals surface area (Å²) in [4.78, 5) is 27.2. The Balaban J connectivity index is 2.06. The van der Waals surface area contributed by atoms with Crippen molar-refractivity contribution in [1.29, 1.82) is 0 Å². The number of nitrogens with zero attached hydrogens (tertiary/aromatic N) is 1. The van der Waals surface area contributed by atoms with Crippen LogP contribution in [-0.2, 0) is 15.1 Å². The highest BCUT2D eigenvalue weighted by Gasteiger charge is 2.53. The second-order valence-corrected chi connectivity index (χ2v) is 6.79. The Bertz CT molecular complexity index is 882. The van der Waals surface area contributed by atoms with Crippen LogP contribution in [0.5, 0.6) is 5.75 Å². The fraction of sp³-hybridized carbons (Fsp3) is 0.263. The first kappa shape index (κ1) is 18.7. The van der Waals surface area contributed by atoms with Crippen molar-refractivity contribution >= 4 is 40.6 Å². The first-order chi connectivity index (χ1) is 12.4. The molecule has 0 N–H and O–H groups in total. The number of Topliss-reactive ketones (excluding diaryl/α,β-unsaturated/α-hetero) is 1. The molecule has 0 saturated carbocycles. The van der Waals surface area contributed by atoms with Crippen molar-refractivity contribution in [3.8, 4) is 5.75 Å². The van der Waals surface area contributed by atoms with E-state index in [1.807, 2.05) is 0 Å². The molecular formula is C19H17Cl2NO4. The molecule has 0 spiro atoms. The van der Waals surface area contributed by atoms with Crippen LogP contribution in [0, 0.1) is 0 Å². The summed E-state index contributed by atoms with van der Waals surface area (Å²) >= 11 is 12.6. The predicted molar refractivity (Wildman–Crippen MR) is 101 cm³/mol. The number of rotatable bonds is 5. The van der Waals surface area contributed by atoms with Crippen molar-refractivity contribution < 1.29 is 19.1 Å². The Kier molecular flexibility index (Phi) is 4.97. The Hall–Kier alpha value is -2.08. The third-order valence-corrected chi connectivity index (χ3v) is 5.26. The first-order valence-corrected chi connectivity index (χ1v) is 8.60. The number of methoxy groups -OCH3 is 2. The van der Waals surface area contributed by atoms with Gasteiger partial charge in [0.1, 0.15) is 5.75 Å². The van der Waals surface area contributed by atoms with Crippen molar-refractivity contribution in [3.63, 3.8) is 0 Å². The summed E-state index contributed by atoms with van der Waals surface area (Å²) in [5.41, 5.74) is -0.176. The third kappa shape index (κ3) is 2.76. The molecule has 1 unspecified atom stereocenters. The van der Waals surface area contributed by atoms with Crippen LogP contribution in [0.1, 0.15) is 22.3 Å². The third-order valence-electron chi connectivity index (χ3n) is 4.64. The largest absolute Gasteiger partial charge is 0.497 e. The SMILES string of the molecule is COc1ccc(C(=O)CC2(OC)C(=O)N(C)c3c(Cl)ccc(Cl)c32)cc1. The van der Waals surface area contributed by atoms with E-state index in [4.69, 9.17) is 32.7 Å². The molecular weight excluding hydrogens is 377 g/mol. The lowest BCUT2D eigenvalue weighted by Crippen LogP contribution is -2.42. The molecule has 1 aliphatic heterocycles. The van der Waals surface area contributed by atoms with Gasteiger partial charge in [0.15, 0.2) is 11.4 Å². The van der Waals surface area contributed by atoms with E-state index < -0.39 is 5.60 Å². The topological polar surface area (TPSA) is 55.8 Å². The maximum Gasteiger partial charge on any atom is 0.264 e. The summed E-state index contributed by atoms with van der Waals surface area (Å²) in [7, 11) is 4.52. The van der Waals surface area contributed by atoms with Gasteiger partial charge in [-0.05, 0) is 36.4 Å². The number of hydrogen-bond donors (Lipinski definition) is 0. The summed E-state index contributed by atoms with van der Waals surface area (Å²) in [6.07, 6.45) is -0.188. The molecule has 136 valence electrons. The molecule has 1 aliphatic rings. The molecule has 2 aromatic rings. The monoisotopic (exact) mass is 393 g/mol. The molecule has 1 amide bonds. The summed E-state index contributed by atoms with van der Waals surface area (Å²) in [6.45, 7) is 0. The van der Waals surface area contributed by atoms with E-state index in [2.05, 4.69) is 0 Å². The number of ketones is 1. The minimum Gasteiger partial charge on any atom is -0.497 e. The second kappa shape index (κ2) is 6.91. The van der Waals surface area contributed by atoms with Gasteiger partial charge in [0.2, 0.25) is 0 Å². The number of amides is 1. The highest BCUT2D eigenvalue weighted by Crippen LogP contribution is 2.50. The molecule has 0 saturated heterocycles. The van der Waals surface area contributed by atoms with E-state index in [1.54, 1.807) is 50.6 Å². The minimum absolute atomic E-state index is 0.188. The molecule has 26 heavy (non-hydrogen) atoms. The van der Waals surface area contributed by atoms with Crippen LogP contribution < -0.4 is 9.64 Å². The number of carbonyl (C=O) groups excluding carboxylic acids is 2. The molecule has 5 nitrogen and oxygen atoms in total. The normalized spacial score (nSPS) is 18.8. The van der Waals surface area contributed by atoms with E-state index in [1.165, 1.54) is 12.0 Å². The average Bonchev–Trinajstić information content (AvgIpc) is 2.88. The van der Waals surface area contributed by atoms with Crippen molar-refractivity contribution in [2.45, 2.75) is 12.0 Å². The number of ether oxygens (including phenoxy) is 2. The zero-order valence-electron chi connectivity index (χ0n) is 14.5. The number of hydrogen-bond acceptors (Lipinski definition) is 4. The number of anilines is 1. The van der Waals surface area contributed by atoms with Crippen molar-refractivity contribution in [2.75, 3.05) is 26.2 Å². The van der Waals surface area contributed by atoms with E-state index in [0.717, 1.165) is 0 Å². The fourth-order valence-electron chi connectivity index (χ4n) is 3.26. The van der Waals surface area contributed by atoms with E-state index in [-0.39, 0.29) is 18.1 Å². The van der Waals surface area contributed by atoms with E-state index >= 15 is 0 Å². The number of fused-ring (bicyclic) bond motifs is 1. The van der Waals surface area contributed by atoms with Crippen LogP contribution in [0.25, 0.3) is 0 Å². The number of halogens is 2.